The number of phenols is 1. The second-order valence-corrected chi connectivity index (χ2v) is 5.91. The number of pyridine rings is 1. The minimum absolute atomic E-state index is 0.00434. The van der Waals surface area contributed by atoms with Gasteiger partial charge in [0.05, 0.1) is 5.69 Å². The van der Waals surface area contributed by atoms with Crippen LogP contribution in [0.3, 0.4) is 0 Å². The molecule has 0 atom stereocenters. The van der Waals surface area contributed by atoms with Gasteiger partial charge in [-0.3, -0.25) is 4.31 Å². The lowest BCUT2D eigenvalue weighted by Gasteiger charge is -2.23. The van der Waals surface area contributed by atoms with Crippen LogP contribution in [-0.4, -0.2) is 25.1 Å². The molecule has 1 aromatic carbocycles. The highest BCUT2D eigenvalue weighted by atomic mass is 32.2. The Morgan fingerprint density at radius 3 is 2.65 bits per heavy atom. The zero-order valence-corrected chi connectivity index (χ0v) is 11.7. The van der Waals surface area contributed by atoms with Gasteiger partial charge < -0.3 is 10.8 Å². The van der Waals surface area contributed by atoms with Gasteiger partial charge in [-0.05, 0) is 31.2 Å². The van der Waals surface area contributed by atoms with Gasteiger partial charge in [0.25, 0.3) is 10.0 Å². The van der Waals surface area contributed by atoms with Gasteiger partial charge in [-0.1, -0.05) is 6.07 Å². The van der Waals surface area contributed by atoms with E-state index in [0.717, 1.165) is 0 Å². The third-order valence-electron chi connectivity index (χ3n) is 2.77. The Morgan fingerprint density at radius 2 is 2.05 bits per heavy atom. The standard InChI is InChI=1S/C13H15N3O3S/c1-2-16(10-5-3-6-11(17)9-10)20(18,19)12-7-4-8-15-13(12)14/h3-9,17H,2H2,1H3,(H2,14,15). The number of nitrogens with zero attached hydrogens (tertiary/aromatic N) is 2. The van der Waals surface area contributed by atoms with Crippen molar-refractivity contribution in [3.63, 3.8) is 0 Å². The topological polar surface area (TPSA) is 96.5 Å². The summed E-state index contributed by atoms with van der Waals surface area (Å²) in [5.74, 6) is -0.0542. The molecule has 0 amide bonds. The molecule has 0 aliphatic rings. The molecule has 2 aromatic rings. The predicted molar refractivity (Wildman–Crippen MR) is 77.0 cm³/mol. The number of phenolic OH excluding ortho intramolecular Hbond substituents is 1. The van der Waals surface area contributed by atoms with E-state index in [1.54, 1.807) is 19.1 Å². The molecule has 0 aliphatic heterocycles. The summed E-state index contributed by atoms with van der Waals surface area (Å²) in [5.41, 5.74) is 6.01. The van der Waals surface area contributed by atoms with E-state index in [1.165, 1.54) is 34.8 Å². The fourth-order valence-electron chi connectivity index (χ4n) is 1.88. The molecule has 0 saturated heterocycles. The maximum atomic E-state index is 12.6. The zero-order chi connectivity index (χ0) is 14.8. The van der Waals surface area contributed by atoms with Gasteiger partial charge in [-0.15, -0.1) is 0 Å². The van der Waals surface area contributed by atoms with Crippen molar-refractivity contribution in [1.82, 2.24) is 4.98 Å². The summed E-state index contributed by atoms with van der Waals surface area (Å²) in [5, 5.41) is 9.49. The van der Waals surface area contributed by atoms with E-state index in [1.807, 2.05) is 0 Å². The van der Waals surface area contributed by atoms with Gasteiger partial charge >= 0.3 is 0 Å². The molecule has 106 valence electrons. The number of rotatable bonds is 4. The first-order valence-electron chi connectivity index (χ1n) is 5.99. The van der Waals surface area contributed by atoms with E-state index in [0.29, 0.717) is 5.69 Å². The van der Waals surface area contributed by atoms with Crippen LogP contribution in [0.25, 0.3) is 0 Å². The maximum absolute atomic E-state index is 12.6. The Kier molecular flexibility index (Phi) is 3.80. The molecule has 1 heterocycles. The Morgan fingerprint density at radius 1 is 1.30 bits per heavy atom. The summed E-state index contributed by atoms with van der Waals surface area (Å²) >= 11 is 0. The van der Waals surface area contributed by atoms with Crippen LogP contribution >= 0.6 is 0 Å². The fraction of sp³-hybridized carbons (Fsp3) is 0.154. The number of hydrogen-bond acceptors (Lipinski definition) is 5. The molecule has 0 fully saturated rings. The molecule has 1 aromatic heterocycles. The fourth-order valence-corrected chi connectivity index (χ4v) is 3.42. The quantitative estimate of drug-likeness (QED) is 0.892. The molecule has 0 bridgehead atoms. The van der Waals surface area contributed by atoms with E-state index < -0.39 is 10.0 Å². The van der Waals surface area contributed by atoms with Crippen molar-refractivity contribution >= 4 is 21.5 Å². The van der Waals surface area contributed by atoms with Crippen LogP contribution in [0.2, 0.25) is 0 Å². The first kappa shape index (κ1) is 14.1. The number of sulfonamides is 1. The Labute approximate surface area is 117 Å². The number of anilines is 2. The summed E-state index contributed by atoms with van der Waals surface area (Å²) in [6.45, 7) is 1.91. The smallest absolute Gasteiger partial charge is 0.267 e. The van der Waals surface area contributed by atoms with Crippen LogP contribution in [0, 0.1) is 0 Å². The van der Waals surface area contributed by atoms with E-state index in [-0.39, 0.29) is 23.0 Å². The Hall–Kier alpha value is -2.28. The van der Waals surface area contributed by atoms with Gasteiger partial charge in [0.2, 0.25) is 0 Å². The van der Waals surface area contributed by atoms with Gasteiger partial charge in [0.1, 0.15) is 16.5 Å². The molecule has 7 heteroatoms. The van der Waals surface area contributed by atoms with Crippen molar-refractivity contribution in [2.24, 2.45) is 0 Å². The van der Waals surface area contributed by atoms with Crippen LogP contribution in [-0.2, 0) is 10.0 Å². The first-order chi connectivity index (χ1) is 9.46. The highest BCUT2D eigenvalue weighted by Gasteiger charge is 2.26. The molecule has 0 spiro atoms. The highest BCUT2D eigenvalue weighted by molar-refractivity contribution is 7.93. The largest absolute Gasteiger partial charge is 0.508 e. The summed E-state index contributed by atoms with van der Waals surface area (Å²) in [6, 6.07) is 8.96. The van der Waals surface area contributed by atoms with Crippen LogP contribution < -0.4 is 10.0 Å². The van der Waals surface area contributed by atoms with Crippen molar-refractivity contribution in [2.75, 3.05) is 16.6 Å². The molecular formula is C13H15N3O3S. The third kappa shape index (κ3) is 2.53. The van der Waals surface area contributed by atoms with Crippen molar-refractivity contribution in [2.45, 2.75) is 11.8 Å². The lowest BCUT2D eigenvalue weighted by atomic mass is 10.3. The number of aromatic nitrogens is 1. The van der Waals surface area contributed by atoms with Gasteiger partial charge in [-0.2, -0.15) is 0 Å². The summed E-state index contributed by atoms with van der Waals surface area (Å²) < 4.78 is 26.4. The Bertz CT molecular complexity index is 716. The summed E-state index contributed by atoms with van der Waals surface area (Å²) in [6.07, 6.45) is 1.43. The van der Waals surface area contributed by atoms with E-state index in [9.17, 15) is 13.5 Å². The van der Waals surface area contributed by atoms with Crippen LogP contribution in [0.4, 0.5) is 11.5 Å². The molecule has 3 N–H and O–H groups in total. The van der Waals surface area contributed by atoms with Gasteiger partial charge in [0.15, 0.2) is 0 Å². The molecule has 0 aliphatic carbocycles. The number of nitrogens with two attached hydrogens (primary N) is 1. The van der Waals surface area contributed by atoms with Crippen LogP contribution in [0.5, 0.6) is 5.75 Å². The number of aromatic hydroxyl groups is 1. The molecule has 20 heavy (non-hydrogen) atoms. The second-order valence-electron chi connectivity index (χ2n) is 4.08. The van der Waals surface area contributed by atoms with Crippen LogP contribution in [0.15, 0.2) is 47.5 Å². The maximum Gasteiger partial charge on any atom is 0.267 e. The average molecular weight is 293 g/mol. The van der Waals surface area contributed by atoms with Crippen molar-refractivity contribution in [1.29, 1.82) is 0 Å². The van der Waals surface area contributed by atoms with Crippen molar-refractivity contribution in [3.05, 3.63) is 42.6 Å². The minimum Gasteiger partial charge on any atom is -0.508 e. The second kappa shape index (κ2) is 5.38. The number of hydrogen-bond donors (Lipinski definition) is 2. The molecule has 0 radical (unpaired) electrons. The molecule has 2 rings (SSSR count). The average Bonchev–Trinajstić information content (AvgIpc) is 2.39. The molecule has 0 saturated carbocycles. The minimum atomic E-state index is -3.82. The highest BCUT2D eigenvalue weighted by Crippen LogP contribution is 2.27. The summed E-state index contributed by atoms with van der Waals surface area (Å²) in [4.78, 5) is 3.75. The molecule has 6 nitrogen and oxygen atoms in total. The normalized spacial score (nSPS) is 11.2. The SMILES string of the molecule is CCN(c1cccc(O)c1)S(=O)(=O)c1cccnc1N. The lowest BCUT2D eigenvalue weighted by Crippen LogP contribution is -2.31. The van der Waals surface area contributed by atoms with Gasteiger partial charge in [0, 0.05) is 18.8 Å². The van der Waals surface area contributed by atoms with Crippen molar-refractivity contribution in [3.8, 4) is 5.75 Å². The van der Waals surface area contributed by atoms with E-state index in [2.05, 4.69) is 4.98 Å². The van der Waals surface area contributed by atoms with E-state index in [4.69, 9.17) is 5.73 Å². The monoisotopic (exact) mass is 293 g/mol. The van der Waals surface area contributed by atoms with E-state index >= 15 is 0 Å². The number of benzene rings is 1. The summed E-state index contributed by atoms with van der Waals surface area (Å²) in [7, 11) is -3.82. The zero-order valence-electron chi connectivity index (χ0n) is 10.9. The first-order valence-corrected chi connectivity index (χ1v) is 7.43. The Balaban J connectivity index is 2.54. The van der Waals surface area contributed by atoms with Crippen LogP contribution in [0.1, 0.15) is 6.92 Å². The van der Waals surface area contributed by atoms with Gasteiger partial charge in [-0.25, -0.2) is 13.4 Å². The molecular weight excluding hydrogens is 278 g/mol. The predicted octanol–water partition coefficient (Wildman–Crippen LogP) is 1.58. The molecule has 0 unspecified atom stereocenters. The van der Waals surface area contributed by atoms with Crippen molar-refractivity contribution < 1.29 is 13.5 Å². The number of nitrogen functional groups attached to an aromatic ring is 1. The lowest BCUT2D eigenvalue weighted by molar-refractivity contribution is 0.475. The third-order valence-corrected chi connectivity index (χ3v) is 4.72.